The smallest absolute Gasteiger partial charge is 0.335 e. The number of aromatic carboxylic acids is 1. The van der Waals surface area contributed by atoms with E-state index in [1.165, 1.54) is 24.3 Å². The van der Waals surface area contributed by atoms with Gasteiger partial charge < -0.3 is 10.4 Å². The van der Waals surface area contributed by atoms with Crippen LogP contribution in [0.5, 0.6) is 0 Å². The highest BCUT2D eigenvalue weighted by Crippen LogP contribution is 2.32. The molecule has 0 amide bonds. The summed E-state index contributed by atoms with van der Waals surface area (Å²) < 4.78 is 0. The zero-order valence-electron chi connectivity index (χ0n) is 11.8. The van der Waals surface area contributed by atoms with Gasteiger partial charge in [0.1, 0.15) is 5.69 Å². The molecule has 2 rings (SSSR count). The Morgan fingerprint density at radius 3 is 2.22 bits per heavy atom. The second kappa shape index (κ2) is 6.10. The number of nitrogens with one attached hydrogen (secondary N) is 1. The predicted molar refractivity (Wildman–Crippen MR) is 81.2 cm³/mol. The molecule has 0 atom stereocenters. The van der Waals surface area contributed by atoms with E-state index in [2.05, 4.69) is 5.32 Å². The number of benzene rings is 2. The number of anilines is 2. The first-order valence-electron chi connectivity index (χ1n) is 6.33. The average molecular weight is 317 g/mol. The van der Waals surface area contributed by atoms with Crippen molar-refractivity contribution in [3.63, 3.8) is 0 Å². The van der Waals surface area contributed by atoms with Gasteiger partial charge in [0.05, 0.1) is 21.5 Å². The molecule has 0 aliphatic heterocycles. The summed E-state index contributed by atoms with van der Waals surface area (Å²) in [4.78, 5) is 31.2. The SMILES string of the molecule is Cc1cc(C(=O)O)ccc1Nc1ccc([N+](=O)[O-])cc1[N+](=O)[O-]. The zero-order valence-corrected chi connectivity index (χ0v) is 11.8. The van der Waals surface area contributed by atoms with Crippen LogP contribution in [-0.2, 0) is 0 Å². The van der Waals surface area contributed by atoms with E-state index in [9.17, 15) is 25.0 Å². The molecule has 0 fully saturated rings. The molecule has 0 spiro atoms. The van der Waals surface area contributed by atoms with Gasteiger partial charge in [-0.25, -0.2) is 4.79 Å². The highest BCUT2D eigenvalue weighted by molar-refractivity contribution is 5.89. The van der Waals surface area contributed by atoms with Gasteiger partial charge in [-0.1, -0.05) is 0 Å². The molecule has 2 aromatic carbocycles. The van der Waals surface area contributed by atoms with E-state index >= 15 is 0 Å². The van der Waals surface area contributed by atoms with Crippen LogP contribution >= 0.6 is 0 Å². The van der Waals surface area contributed by atoms with Crippen LogP contribution in [0.1, 0.15) is 15.9 Å². The third kappa shape index (κ3) is 3.40. The highest BCUT2D eigenvalue weighted by Gasteiger charge is 2.20. The quantitative estimate of drug-likeness (QED) is 0.638. The van der Waals surface area contributed by atoms with Gasteiger partial charge in [0.25, 0.3) is 11.4 Å². The Morgan fingerprint density at radius 1 is 1.04 bits per heavy atom. The van der Waals surface area contributed by atoms with Crippen LogP contribution in [0.3, 0.4) is 0 Å². The minimum Gasteiger partial charge on any atom is -0.478 e. The van der Waals surface area contributed by atoms with Crippen molar-refractivity contribution in [1.29, 1.82) is 0 Å². The van der Waals surface area contributed by atoms with Crippen LogP contribution in [0.25, 0.3) is 0 Å². The van der Waals surface area contributed by atoms with E-state index < -0.39 is 21.5 Å². The van der Waals surface area contributed by atoms with Crippen molar-refractivity contribution < 1.29 is 19.7 Å². The maximum Gasteiger partial charge on any atom is 0.335 e. The minimum atomic E-state index is -1.08. The fourth-order valence-corrected chi connectivity index (χ4v) is 1.97. The Kier molecular flexibility index (Phi) is 4.21. The molecule has 0 aromatic heterocycles. The van der Waals surface area contributed by atoms with Crippen molar-refractivity contribution >= 4 is 28.7 Å². The summed E-state index contributed by atoms with van der Waals surface area (Å²) in [6, 6.07) is 7.50. The second-order valence-corrected chi connectivity index (χ2v) is 4.68. The molecule has 118 valence electrons. The first-order chi connectivity index (χ1) is 10.8. The predicted octanol–water partition coefficient (Wildman–Crippen LogP) is 3.25. The van der Waals surface area contributed by atoms with Crippen molar-refractivity contribution in [3.05, 3.63) is 67.8 Å². The molecule has 0 saturated heterocycles. The lowest BCUT2D eigenvalue weighted by Crippen LogP contribution is -2.02. The van der Waals surface area contributed by atoms with Crippen molar-refractivity contribution in [2.24, 2.45) is 0 Å². The summed E-state index contributed by atoms with van der Waals surface area (Å²) in [5.41, 5.74) is 0.364. The van der Waals surface area contributed by atoms with E-state index in [4.69, 9.17) is 5.11 Å². The first kappa shape index (κ1) is 15.9. The largest absolute Gasteiger partial charge is 0.478 e. The molecule has 0 radical (unpaired) electrons. The first-order valence-corrected chi connectivity index (χ1v) is 6.33. The van der Waals surface area contributed by atoms with Crippen LogP contribution in [0, 0.1) is 27.2 Å². The number of carbonyl (C=O) groups is 1. The molecular weight excluding hydrogens is 306 g/mol. The maximum absolute atomic E-state index is 11.1. The Balaban J connectivity index is 2.42. The molecule has 0 bridgehead atoms. The lowest BCUT2D eigenvalue weighted by Gasteiger charge is -2.10. The third-order valence-corrected chi connectivity index (χ3v) is 3.13. The molecular formula is C14H11N3O6. The standard InChI is InChI=1S/C14H11N3O6/c1-8-6-9(14(18)19)2-4-11(8)15-12-5-3-10(16(20)21)7-13(12)17(22)23/h2-7,15H,1H3,(H,18,19). The fourth-order valence-electron chi connectivity index (χ4n) is 1.97. The number of nitro groups is 2. The number of hydrogen-bond acceptors (Lipinski definition) is 6. The van der Waals surface area contributed by atoms with Gasteiger partial charge in [-0.05, 0) is 36.8 Å². The van der Waals surface area contributed by atoms with Crippen molar-refractivity contribution in [1.82, 2.24) is 0 Å². The summed E-state index contributed by atoms with van der Waals surface area (Å²) in [6.07, 6.45) is 0. The molecule has 0 aliphatic rings. The number of nitro benzene ring substituents is 2. The molecule has 9 nitrogen and oxygen atoms in total. The van der Waals surface area contributed by atoms with Crippen LogP contribution in [0.15, 0.2) is 36.4 Å². The second-order valence-electron chi connectivity index (χ2n) is 4.68. The normalized spacial score (nSPS) is 10.1. The van der Waals surface area contributed by atoms with Gasteiger partial charge in [-0.15, -0.1) is 0 Å². The van der Waals surface area contributed by atoms with E-state index in [0.717, 1.165) is 12.1 Å². The molecule has 23 heavy (non-hydrogen) atoms. The lowest BCUT2D eigenvalue weighted by atomic mass is 10.1. The molecule has 0 heterocycles. The van der Waals surface area contributed by atoms with Crippen LogP contribution < -0.4 is 5.32 Å². The van der Waals surface area contributed by atoms with Gasteiger partial charge in [0, 0.05) is 11.8 Å². The van der Waals surface area contributed by atoms with Crippen LogP contribution in [0.2, 0.25) is 0 Å². The lowest BCUT2D eigenvalue weighted by molar-refractivity contribution is -0.393. The van der Waals surface area contributed by atoms with E-state index in [0.29, 0.717) is 11.3 Å². The Morgan fingerprint density at radius 2 is 1.70 bits per heavy atom. The molecule has 9 heteroatoms. The van der Waals surface area contributed by atoms with Crippen molar-refractivity contribution in [3.8, 4) is 0 Å². The summed E-state index contributed by atoms with van der Waals surface area (Å²) in [6.45, 7) is 1.64. The molecule has 0 saturated carbocycles. The summed E-state index contributed by atoms with van der Waals surface area (Å²) in [7, 11) is 0. The van der Waals surface area contributed by atoms with Gasteiger partial charge in [0.15, 0.2) is 0 Å². The zero-order chi connectivity index (χ0) is 17.1. The molecule has 0 unspecified atom stereocenters. The molecule has 2 N–H and O–H groups in total. The Labute approximate surface area is 129 Å². The van der Waals surface area contributed by atoms with Gasteiger partial charge in [0.2, 0.25) is 0 Å². The average Bonchev–Trinajstić information content (AvgIpc) is 2.48. The Bertz CT molecular complexity index is 818. The monoisotopic (exact) mass is 317 g/mol. The summed E-state index contributed by atoms with van der Waals surface area (Å²) >= 11 is 0. The van der Waals surface area contributed by atoms with Crippen LogP contribution in [0.4, 0.5) is 22.7 Å². The topological polar surface area (TPSA) is 136 Å². The van der Waals surface area contributed by atoms with Gasteiger partial charge >= 0.3 is 5.97 Å². The van der Waals surface area contributed by atoms with E-state index in [1.54, 1.807) is 6.92 Å². The van der Waals surface area contributed by atoms with Gasteiger partial charge in [-0.2, -0.15) is 0 Å². The Hall–Kier alpha value is -3.49. The van der Waals surface area contributed by atoms with E-state index in [-0.39, 0.29) is 16.9 Å². The van der Waals surface area contributed by atoms with Crippen molar-refractivity contribution in [2.75, 3.05) is 5.32 Å². The number of nitrogens with zero attached hydrogens (tertiary/aromatic N) is 2. The third-order valence-electron chi connectivity index (χ3n) is 3.13. The highest BCUT2D eigenvalue weighted by atomic mass is 16.6. The number of aryl methyl sites for hydroxylation is 1. The maximum atomic E-state index is 11.1. The number of rotatable bonds is 5. The number of non-ortho nitro benzene ring substituents is 1. The van der Waals surface area contributed by atoms with Crippen LogP contribution in [-0.4, -0.2) is 20.9 Å². The molecule has 2 aromatic rings. The minimum absolute atomic E-state index is 0.0757. The van der Waals surface area contributed by atoms with E-state index in [1.807, 2.05) is 0 Å². The molecule has 0 aliphatic carbocycles. The number of hydrogen-bond donors (Lipinski definition) is 2. The van der Waals surface area contributed by atoms with Crippen molar-refractivity contribution in [2.45, 2.75) is 6.92 Å². The number of carboxylic acids is 1. The summed E-state index contributed by atoms with van der Waals surface area (Å²) in [5.74, 6) is -1.08. The number of carboxylic acid groups (broad SMARTS) is 1. The fraction of sp³-hybridized carbons (Fsp3) is 0.0714. The summed E-state index contributed by atoms with van der Waals surface area (Å²) in [5, 5.41) is 33.5. The van der Waals surface area contributed by atoms with Gasteiger partial charge in [-0.3, -0.25) is 20.2 Å².